The van der Waals surface area contributed by atoms with Crippen LogP contribution < -0.4 is 5.32 Å². The number of amides is 1. The minimum Gasteiger partial charge on any atom is -0.395 e. The van der Waals surface area contributed by atoms with Crippen molar-refractivity contribution in [3.8, 4) is 11.8 Å². The van der Waals surface area contributed by atoms with E-state index in [-0.39, 0.29) is 12.5 Å². The highest BCUT2D eigenvalue weighted by molar-refractivity contribution is 6.02. The number of anilines is 1. The maximum absolute atomic E-state index is 11.8. The summed E-state index contributed by atoms with van der Waals surface area (Å²) in [6, 6.07) is 10.7. The summed E-state index contributed by atoms with van der Waals surface area (Å²) in [4.78, 5) is 14.6. The Bertz CT molecular complexity index is 589. The maximum Gasteiger partial charge on any atom is 0.272 e. The van der Waals surface area contributed by atoms with E-state index in [4.69, 9.17) is 5.11 Å². The molecule has 0 aliphatic rings. The number of rotatable bonds is 3. The highest BCUT2D eigenvalue weighted by atomic mass is 16.2. The summed E-state index contributed by atoms with van der Waals surface area (Å²) < 4.78 is 0. The number of aliphatic hydroxyl groups excluding tert-OH is 1. The van der Waals surface area contributed by atoms with Crippen LogP contribution in [-0.2, 0) is 0 Å². The van der Waals surface area contributed by atoms with Crippen molar-refractivity contribution >= 4 is 11.6 Å². The second kappa shape index (κ2) is 6.43. The number of hydrogen-bond acceptors (Lipinski definition) is 2. The van der Waals surface area contributed by atoms with E-state index < -0.39 is 0 Å². The molecule has 0 unspecified atom stereocenters. The lowest BCUT2D eigenvalue weighted by atomic mass is 10.2. The summed E-state index contributed by atoms with van der Waals surface area (Å²) >= 11 is 0. The predicted octanol–water partition coefficient (Wildman–Crippen LogP) is 2.00. The number of H-pyrrole nitrogens is 1. The Labute approximate surface area is 111 Å². The first-order chi connectivity index (χ1) is 9.29. The molecule has 1 amide bonds. The smallest absolute Gasteiger partial charge is 0.272 e. The molecule has 0 bridgehead atoms. The molecule has 0 fully saturated rings. The van der Waals surface area contributed by atoms with Crippen molar-refractivity contribution in [2.24, 2.45) is 0 Å². The molecule has 0 aliphatic heterocycles. The van der Waals surface area contributed by atoms with Gasteiger partial charge in [0.15, 0.2) is 0 Å². The zero-order valence-electron chi connectivity index (χ0n) is 10.3. The van der Waals surface area contributed by atoms with Gasteiger partial charge in [-0.2, -0.15) is 0 Å². The van der Waals surface area contributed by atoms with Crippen molar-refractivity contribution in [3.63, 3.8) is 0 Å². The molecule has 2 rings (SSSR count). The normalized spacial score (nSPS) is 9.53. The largest absolute Gasteiger partial charge is 0.395 e. The van der Waals surface area contributed by atoms with E-state index in [0.717, 1.165) is 5.56 Å². The van der Waals surface area contributed by atoms with Gasteiger partial charge in [-0.1, -0.05) is 11.8 Å². The molecule has 0 saturated heterocycles. The summed E-state index contributed by atoms with van der Waals surface area (Å²) in [5, 5.41) is 11.4. The molecule has 4 heteroatoms. The minimum atomic E-state index is -0.177. The highest BCUT2D eigenvalue weighted by Gasteiger charge is 2.05. The number of benzene rings is 1. The monoisotopic (exact) mass is 254 g/mol. The first-order valence-electron chi connectivity index (χ1n) is 5.94. The molecule has 0 atom stereocenters. The van der Waals surface area contributed by atoms with Crippen LogP contribution in [-0.4, -0.2) is 22.6 Å². The van der Waals surface area contributed by atoms with Crippen LogP contribution >= 0.6 is 0 Å². The van der Waals surface area contributed by atoms with Gasteiger partial charge < -0.3 is 15.4 Å². The van der Waals surface area contributed by atoms with Gasteiger partial charge in [-0.15, -0.1) is 0 Å². The van der Waals surface area contributed by atoms with Gasteiger partial charge in [0.25, 0.3) is 5.91 Å². The molecule has 96 valence electrons. The number of aliphatic hydroxyl groups is 1. The van der Waals surface area contributed by atoms with Crippen molar-refractivity contribution in [3.05, 3.63) is 53.9 Å². The maximum atomic E-state index is 11.8. The van der Waals surface area contributed by atoms with E-state index in [1.807, 2.05) is 12.1 Å². The first-order valence-corrected chi connectivity index (χ1v) is 5.94. The summed E-state index contributed by atoms with van der Waals surface area (Å²) in [6.07, 6.45) is 2.17. The van der Waals surface area contributed by atoms with Crippen molar-refractivity contribution in [1.29, 1.82) is 0 Å². The van der Waals surface area contributed by atoms with Crippen molar-refractivity contribution in [2.75, 3.05) is 11.9 Å². The third kappa shape index (κ3) is 3.73. The van der Waals surface area contributed by atoms with E-state index in [2.05, 4.69) is 22.1 Å². The van der Waals surface area contributed by atoms with Gasteiger partial charge in [-0.25, -0.2) is 0 Å². The molecule has 0 aliphatic carbocycles. The van der Waals surface area contributed by atoms with Crippen molar-refractivity contribution in [2.45, 2.75) is 6.42 Å². The van der Waals surface area contributed by atoms with Crippen LogP contribution in [0.15, 0.2) is 42.6 Å². The highest BCUT2D eigenvalue weighted by Crippen LogP contribution is 2.10. The van der Waals surface area contributed by atoms with E-state index in [1.54, 1.807) is 30.5 Å². The van der Waals surface area contributed by atoms with Gasteiger partial charge >= 0.3 is 0 Å². The Morgan fingerprint density at radius 3 is 2.68 bits per heavy atom. The average Bonchev–Trinajstić information content (AvgIpc) is 2.95. The molecule has 0 radical (unpaired) electrons. The molecule has 2 aromatic rings. The fourth-order valence-corrected chi connectivity index (χ4v) is 1.53. The Morgan fingerprint density at radius 2 is 2.05 bits per heavy atom. The fraction of sp³-hybridized carbons (Fsp3) is 0.133. The topological polar surface area (TPSA) is 65.1 Å². The van der Waals surface area contributed by atoms with Crippen molar-refractivity contribution < 1.29 is 9.90 Å². The van der Waals surface area contributed by atoms with Gasteiger partial charge in [0.1, 0.15) is 5.69 Å². The van der Waals surface area contributed by atoms with Gasteiger partial charge in [-0.3, -0.25) is 4.79 Å². The Morgan fingerprint density at radius 1 is 1.26 bits per heavy atom. The Balaban J connectivity index is 1.99. The van der Waals surface area contributed by atoms with E-state index in [9.17, 15) is 4.79 Å². The van der Waals surface area contributed by atoms with Crippen LogP contribution in [0.1, 0.15) is 22.5 Å². The molecule has 3 N–H and O–H groups in total. The van der Waals surface area contributed by atoms with Crippen LogP contribution in [0.2, 0.25) is 0 Å². The number of aromatic amines is 1. The molecular formula is C15H14N2O2. The Kier molecular flexibility index (Phi) is 4.38. The molecule has 1 heterocycles. The molecular weight excluding hydrogens is 240 g/mol. The molecule has 0 saturated carbocycles. The van der Waals surface area contributed by atoms with E-state index in [1.165, 1.54) is 0 Å². The van der Waals surface area contributed by atoms with E-state index in [0.29, 0.717) is 17.8 Å². The third-order valence-electron chi connectivity index (χ3n) is 2.45. The molecule has 4 nitrogen and oxygen atoms in total. The van der Waals surface area contributed by atoms with Gasteiger partial charge in [0.2, 0.25) is 0 Å². The van der Waals surface area contributed by atoms with Gasteiger partial charge in [0.05, 0.1) is 6.61 Å². The average molecular weight is 254 g/mol. The fourth-order valence-electron chi connectivity index (χ4n) is 1.53. The zero-order valence-corrected chi connectivity index (χ0v) is 10.3. The number of carbonyl (C=O) groups is 1. The lowest BCUT2D eigenvalue weighted by Crippen LogP contribution is -2.11. The minimum absolute atomic E-state index is 0.0668. The third-order valence-corrected chi connectivity index (χ3v) is 2.45. The number of aromatic nitrogens is 1. The predicted molar refractivity (Wildman–Crippen MR) is 73.8 cm³/mol. The molecule has 19 heavy (non-hydrogen) atoms. The lowest BCUT2D eigenvalue weighted by molar-refractivity contribution is 0.102. The zero-order chi connectivity index (χ0) is 13.5. The number of carbonyl (C=O) groups excluding carboxylic acids is 1. The first kappa shape index (κ1) is 12.9. The van der Waals surface area contributed by atoms with Crippen LogP contribution in [0.25, 0.3) is 0 Å². The second-order valence-electron chi connectivity index (χ2n) is 3.89. The van der Waals surface area contributed by atoms with E-state index >= 15 is 0 Å². The lowest BCUT2D eigenvalue weighted by Gasteiger charge is -2.03. The van der Waals surface area contributed by atoms with Crippen LogP contribution in [0, 0.1) is 11.8 Å². The molecule has 1 aromatic carbocycles. The molecule has 0 spiro atoms. The van der Waals surface area contributed by atoms with Gasteiger partial charge in [0, 0.05) is 23.9 Å². The summed E-state index contributed by atoms with van der Waals surface area (Å²) in [6.45, 7) is 0.0668. The number of hydrogen-bond donors (Lipinski definition) is 3. The summed E-state index contributed by atoms with van der Waals surface area (Å²) in [5.74, 6) is 5.59. The van der Waals surface area contributed by atoms with Crippen LogP contribution in [0.4, 0.5) is 5.69 Å². The van der Waals surface area contributed by atoms with Gasteiger partial charge in [-0.05, 0) is 36.4 Å². The SMILES string of the molecule is O=C(Nc1ccc(C#CCCO)cc1)c1ccc[nH]1. The number of nitrogens with one attached hydrogen (secondary N) is 2. The second-order valence-corrected chi connectivity index (χ2v) is 3.89. The standard InChI is InChI=1S/C15H14N2O2/c18-11-2-1-4-12-6-8-13(9-7-12)17-15(19)14-5-3-10-16-14/h3,5-10,16,18H,2,11H2,(H,17,19). The Hall–Kier alpha value is -2.51. The summed E-state index contributed by atoms with van der Waals surface area (Å²) in [7, 11) is 0. The van der Waals surface area contributed by atoms with Crippen LogP contribution in [0.5, 0.6) is 0 Å². The van der Waals surface area contributed by atoms with Crippen LogP contribution in [0.3, 0.4) is 0 Å². The summed E-state index contributed by atoms with van der Waals surface area (Å²) in [5.41, 5.74) is 2.09. The quantitative estimate of drug-likeness (QED) is 0.733. The molecule has 1 aromatic heterocycles. The van der Waals surface area contributed by atoms with Crippen molar-refractivity contribution in [1.82, 2.24) is 4.98 Å².